The Morgan fingerprint density at radius 3 is 1.69 bits per heavy atom. The summed E-state index contributed by atoms with van der Waals surface area (Å²) in [5, 5.41) is 7.53. The summed E-state index contributed by atoms with van der Waals surface area (Å²) in [6, 6.07) is 12.0. The maximum Gasteiger partial charge on any atom is 0.346 e. The Hall–Kier alpha value is -5.00. The highest BCUT2D eigenvalue weighted by Crippen LogP contribution is 2.23. The van der Waals surface area contributed by atoms with Gasteiger partial charge in [0.2, 0.25) is 0 Å². The van der Waals surface area contributed by atoms with E-state index in [1.165, 1.54) is 0 Å². The van der Waals surface area contributed by atoms with E-state index in [1.807, 2.05) is 26.0 Å². The number of rotatable bonds is 9. The molecule has 2 atom stereocenters. The number of hydrogen-bond donors (Lipinski definition) is 1. The number of aryl methyl sites for hydroxylation is 2. The predicted molar refractivity (Wildman–Crippen MR) is 171 cm³/mol. The number of carbonyl (C=O) groups is 4. The number of nitrogens with zero attached hydrogens (tertiary/aromatic N) is 7. The molecule has 1 saturated heterocycles. The van der Waals surface area contributed by atoms with Gasteiger partial charge in [-0.15, -0.1) is 47.0 Å². The molecule has 1 fully saturated rings. The molecule has 0 bridgehead atoms. The third-order valence-electron chi connectivity index (χ3n) is 5.47. The SMILES string of the molecule is C#CCCC(=O)C(N=[N+]=[N-])c1ccc(C)cc1.C#CCN.Cc1ccc(C(N=[N+]=[N-])C(=O)ON2C(=O)CCC2=O)cc1.ClCCl. The van der Waals surface area contributed by atoms with E-state index < -0.39 is 29.9 Å². The molecule has 1 aliphatic rings. The first-order valence-electron chi connectivity index (χ1n) is 13.1. The number of azide groups is 2. The van der Waals surface area contributed by atoms with Gasteiger partial charge in [-0.3, -0.25) is 14.4 Å². The minimum absolute atomic E-state index is 0.00281. The molecule has 45 heavy (non-hydrogen) atoms. The molecule has 236 valence electrons. The molecule has 2 unspecified atom stereocenters. The van der Waals surface area contributed by atoms with Crippen molar-refractivity contribution in [3.8, 4) is 24.7 Å². The van der Waals surface area contributed by atoms with E-state index in [0.29, 0.717) is 29.2 Å². The van der Waals surface area contributed by atoms with Crippen LogP contribution in [0.4, 0.5) is 0 Å². The van der Waals surface area contributed by atoms with Gasteiger partial charge in [-0.25, -0.2) is 4.79 Å². The van der Waals surface area contributed by atoms with E-state index in [0.717, 1.165) is 11.1 Å². The molecule has 1 heterocycles. The van der Waals surface area contributed by atoms with Gasteiger partial charge >= 0.3 is 5.97 Å². The Bertz CT molecular complexity index is 1440. The smallest absolute Gasteiger partial charge is 0.330 e. The lowest BCUT2D eigenvalue weighted by Gasteiger charge is -2.16. The zero-order valence-corrected chi connectivity index (χ0v) is 26.2. The largest absolute Gasteiger partial charge is 0.346 e. The standard InChI is InChI=1S/C13H12N4O4.C13H13N3O.C3H5N.CH2Cl2/c1-8-2-4-9(5-3-8)12(15-16-14)13(20)21-17-10(18)6-7-11(17)19;1-3-4-5-12(17)13(15-16-14)11-8-6-10(2)7-9-11;1-2-3-4;2-1-3/h2-5,12H,6-7H2,1H3;1,6-9,13H,4-5H2,2H3;1H,3-4H2;1H2. The van der Waals surface area contributed by atoms with Crippen LogP contribution in [0.5, 0.6) is 0 Å². The average Bonchev–Trinajstić information content (AvgIpc) is 3.35. The number of imide groups is 1. The molecule has 0 radical (unpaired) electrons. The van der Waals surface area contributed by atoms with Crippen molar-refractivity contribution in [3.63, 3.8) is 0 Å². The Morgan fingerprint density at radius 1 is 0.911 bits per heavy atom. The van der Waals surface area contributed by atoms with Gasteiger partial charge in [0.15, 0.2) is 6.04 Å². The average molecular weight is 656 g/mol. The summed E-state index contributed by atoms with van der Waals surface area (Å²) >= 11 is 9.53. The van der Waals surface area contributed by atoms with E-state index >= 15 is 0 Å². The molecule has 2 aromatic carbocycles. The number of benzene rings is 2. The predicted octanol–water partition coefficient (Wildman–Crippen LogP) is 6.28. The van der Waals surface area contributed by atoms with Crippen LogP contribution in [0.3, 0.4) is 0 Å². The van der Waals surface area contributed by atoms with Crippen molar-refractivity contribution in [1.29, 1.82) is 0 Å². The van der Waals surface area contributed by atoms with Crippen LogP contribution in [-0.2, 0) is 24.0 Å². The lowest BCUT2D eigenvalue weighted by atomic mass is 9.99. The van der Waals surface area contributed by atoms with Crippen molar-refractivity contribution >= 4 is 46.8 Å². The molecule has 1 aliphatic heterocycles. The molecule has 15 heteroatoms. The molecule has 0 aliphatic carbocycles. The minimum Gasteiger partial charge on any atom is -0.330 e. The molecule has 3 rings (SSSR count). The van der Waals surface area contributed by atoms with Crippen LogP contribution >= 0.6 is 23.2 Å². The van der Waals surface area contributed by atoms with E-state index in [2.05, 4.69) is 38.3 Å². The van der Waals surface area contributed by atoms with Gasteiger partial charge < -0.3 is 10.6 Å². The van der Waals surface area contributed by atoms with Crippen molar-refractivity contribution in [2.75, 3.05) is 11.9 Å². The van der Waals surface area contributed by atoms with Crippen LogP contribution < -0.4 is 5.73 Å². The third-order valence-corrected chi connectivity index (χ3v) is 5.47. The second-order valence-corrected chi connectivity index (χ2v) is 9.52. The van der Waals surface area contributed by atoms with Crippen molar-refractivity contribution in [2.24, 2.45) is 16.0 Å². The van der Waals surface area contributed by atoms with Gasteiger partial charge in [-0.05, 0) is 36.0 Å². The first kappa shape index (κ1) is 40.0. The van der Waals surface area contributed by atoms with Gasteiger partial charge in [0.1, 0.15) is 11.8 Å². The number of ketones is 1. The summed E-state index contributed by atoms with van der Waals surface area (Å²) in [5.41, 5.74) is 25.0. The number of terminal acetylenes is 2. The molecular formula is C30H32Cl2N8O5. The summed E-state index contributed by atoms with van der Waals surface area (Å²) < 4.78 is 0. The number of carbonyl (C=O) groups excluding carboxylic acids is 4. The number of hydrogen-bond acceptors (Lipinski definition) is 8. The quantitative estimate of drug-likeness (QED) is 0.0821. The van der Waals surface area contributed by atoms with Crippen molar-refractivity contribution in [1.82, 2.24) is 5.06 Å². The zero-order valence-electron chi connectivity index (χ0n) is 24.7. The number of Topliss-reactive ketones (excluding diaryl/α,β-unsaturated/α-hetero) is 1. The van der Waals surface area contributed by atoms with Crippen molar-refractivity contribution < 1.29 is 24.0 Å². The highest BCUT2D eigenvalue weighted by molar-refractivity contribution is 6.40. The molecule has 2 N–H and O–H groups in total. The Morgan fingerprint density at radius 2 is 1.31 bits per heavy atom. The zero-order chi connectivity index (χ0) is 34.2. The topological polar surface area (TPSA) is 204 Å². The minimum atomic E-state index is -1.25. The molecule has 13 nitrogen and oxygen atoms in total. The number of amides is 2. The van der Waals surface area contributed by atoms with Gasteiger partial charge in [0.25, 0.3) is 11.8 Å². The summed E-state index contributed by atoms with van der Waals surface area (Å²) in [7, 11) is 0. The summed E-state index contributed by atoms with van der Waals surface area (Å²) in [6.45, 7) is 4.17. The van der Waals surface area contributed by atoms with Crippen molar-refractivity contribution in [2.45, 2.75) is 51.6 Å². The van der Waals surface area contributed by atoms with Gasteiger partial charge in [0, 0.05) is 35.5 Å². The number of halogens is 2. The molecule has 0 spiro atoms. The molecule has 0 saturated carbocycles. The van der Waals surface area contributed by atoms with E-state index in [-0.39, 0.29) is 30.4 Å². The van der Waals surface area contributed by atoms with Crippen LogP contribution in [-0.4, -0.2) is 40.5 Å². The van der Waals surface area contributed by atoms with Gasteiger partial charge in [-0.1, -0.05) is 75.8 Å². The van der Waals surface area contributed by atoms with Crippen molar-refractivity contribution in [3.05, 3.63) is 91.7 Å². The third kappa shape index (κ3) is 15.3. The highest BCUT2D eigenvalue weighted by Gasteiger charge is 2.35. The van der Waals surface area contributed by atoms with Crippen LogP contribution in [0.15, 0.2) is 58.8 Å². The Labute approximate surface area is 271 Å². The maximum atomic E-state index is 12.0. The lowest BCUT2D eigenvalue weighted by molar-refractivity contribution is -0.198. The molecular weight excluding hydrogens is 623 g/mol. The van der Waals surface area contributed by atoms with E-state index in [1.54, 1.807) is 36.4 Å². The van der Waals surface area contributed by atoms with Gasteiger partial charge in [0.05, 0.1) is 11.9 Å². The first-order chi connectivity index (χ1) is 21.5. The molecule has 2 amide bonds. The molecule has 0 aromatic heterocycles. The normalized spacial score (nSPS) is 12.3. The summed E-state index contributed by atoms with van der Waals surface area (Å²) in [6.07, 6.45) is 10.4. The maximum absolute atomic E-state index is 12.0. The second-order valence-electron chi connectivity index (χ2n) is 8.71. The summed E-state index contributed by atoms with van der Waals surface area (Å²) in [5.74, 6) is 2.32. The van der Waals surface area contributed by atoms with Crippen LogP contribution in [0.1, 0.15) is 60.0 Å². The highest BCUT2D eigenvalue weighted by atomic mass is 35.5. The Balaban J connectivity index is 0.000000724. The number of alkyl halides is 2. The second kappa shape index (κ2) is 23.5. The Kier molecular flexibility index (Phi) is 20.8. The number of nitrogens with two attached hydrogens (primary N) is 1. The number of hydroxylamine groups is 2. The van der Waals surface area contributed by atoms with E-state index in [4.69, 9.17) is 51.3 Å². The van der Waals surface area contributed by atoms with Gasteiger partial charge in [-0.2, -0.15) is 0 Å². The van der Waals surface area contributed by atoms with Crippen LogP contribution in [0, 0.1) is 38.5 Å². The monoisotopic (exact) mass is 654 g/mol. The fraction of sp³-hybridized carbons (Fsp3) is 0.333. The first-order valence-corrected chi connectivity index (χ1v) is 14.1. The van der Waals surface area contributed by atoms with E-state index in [9.17, 15) is 19.2 Å². The van der Waals surface area contributed by atoms with Crippen LogP contribution in [0.25, 0.3) is 20.9 Å². The fourth-order valence-corrected chi connectivity index (χ4v) is 3.30. The summed E-state index contributed by atoms with van der Waals surface area (Å²) in [4.78, 5) is 56.7. The van der Waals surface area contributed by atoms with Crippen LogP contribution in [0.2, 0.25) is 0 Å². The molecule has 2 aromatic rings. The fourth-order valence-electron chi connectivity index (χ4n) is 3.30. The lowest BCUT2D eigenvalue weighted by Crippen LogP contribution is -2.33.